The van der Waals surface area contributed by atoms with Crippen LogP contribution in [0.4, 0.5) is 0 Å². The van der Waals surface area contributed by atoms with E-state index >= 15 is 0 Å². The lowest BCUT2D eigenvalue weighted by Crippen LogP contribution is -2.31. The van der Waals surface area contributed by atoms with Crippen molar-refractivity contribution in [2.24, 2.45) is 7.05 Å². The highest BCUT2D eigenvalue weighted by atomic mass is 16.5. The lowest BCUT2D eigenvalue weighted by atomic mass is 9.95. The molecule has 1 atom stereocenters. The molecule has 0 spiro atoms. The van der Waals surface area contributed by atoms with Gasteiger partial charge in [-0.1, -0.05) is 42.5 Å². The number of aromatic nitrogens is 1. The molecule has 33 heavy (non-hydrogen) atoms. The molecule has 5 heteroatoms. The molecular weight excluding hydrogens is 412 g/mol. The van der Waals surface area contributed by atoms with Crippen molar-refractivity contribution in [3.05, 3.63) is 94.7 Å². The molecule has 0 aliphatic carbocycles. The zero-order chi connectivity index (χ0) is 23.1. The second-order valence-electron chi connectivity index (χ2n) is 8.50. The number of nitrogens with zero attached hydrogens (tertiary/aromatic N) is 2. The van der Waals surface area contributed by atoms with Gasteiger partial charge < -0.3 is 18.9 Å². The number of hydrogen-bond acceptors (Lipinski definition) is 3. The molecule has 0 radical (unpaired) electrons. The number of para-hydroxylation sites is 1. The maximum absolute atomic E-state index is 13.6. The molecule has 0 unspecified atom stereocenters. The van der Waals surface area contributed by atoms with Crippen LogP contribution >= 0.6 is 0 Å². The van der Waals surface area contributed by atoms with Gasteiger partial charge in [-0.15, -0.1) is 0 Å². The van der Waals surface area contributed by atoms with Crippen LogP contribution in [-0.2, 0) is 13.5 Å². The normalized spacial score (nSPS) is 15.2. The predicted octanol–water partition coefficient (Wildman–Crippen LogP) is 5.29. The number of carbonyl (C=O) groups excluding carboxylic acids is 1. The molecule has 168 valence electrons. The third-order valence-corrected chi connectivity index (χ3v) is 6.87. The van der Waals surface area contributed by atoms with Crippen molar-refractivity contribution in [2.75, 3.05) is 20.8 Å². The average molecular weight is 441 g/mol. The summed E-state index contributed by atoms with van der Waals surface area (Å²) in [6.45, 7) is 2.75. The lowest BCUT2D eigenvalue weighted by Gasteiger charge is -2.26. The van der Waals surface area contributed by atoms with E-state index in [0.29, 0.717) is 18.0 Å². The number of aryl methyl sites for hydroxylation is 1. The smallest absolute Gasteiger partial charge is 0.255 e. The number of carbonyl (C=O) groups is 1. The molecule has 1 aliphatic heterocycles. The van der Waals surface area contributed by atoms with Gasteiger partial charge in [0.1, 0.15) is 0 Å². The Morgan fingerprint density at radius 2 is 1.64 bits per heavy atom. The van der Waals surface area contributed by atoms with Crippen molar-refractivity contribution in [1.29, 1.82) is 0 Å². The van der Waals surface area contributed by atoms with Crippen molar-refractivity contribution in [1.82, 2.24) is 9.47 Å². The third-order valence-electron chi connectivity index (χ3n) is 6.87. The molecule has 0 saturated carbocycles. The minimum absolute atomic E-state index is 0.0865. The molecule has 3 aromatic carbocycles. The first kappa shape index (κ1) is 21.1. The number of ether oxygens (including phenoxy) is 2. The van der Waals surface area contributed by atoms with E-state index in [9.17, 15) is 4.79 Å². The molecular formula is C28H28N2O3. The van der Waals surface area contributed by atoms with Crippen molar-refractivity contribution >= 4 is 16.8 Å². The summed E-state index contributed by atoms with van der Waals surface area (Å²) in [4.78, 5) is 15.6. The number of fused-ring (bicyclic) bond motifs is 2. The lowest BCUT2D eigenvalue weighted by molar-refractivity contribution is 0.0752. The highest BCUT2D eigenvalue weighted by Crippen LogP contribution is 2.43. The first-order chi connectivity index (χ1) is 16.0. The quantitative estimate of drug-likeness (QED) is 0.409. The van der Waals surface area contributed by atoms with Gasteiger partial charge in [-0.2, -0.15) is 0 Å². The number of methoxy groups -OCH3 is 2. The van der Waals surface area contributed by atoms with E-state index in [1.165, 1.54) is 22.2 Å². The summed E-state index contributed by atoms with van der Waals surface area (Å²) in [6.07, 6.45) is 0.723. The SMILES string of the molecule is COc1ccc(CCN2C(=O)c3ccccc3[C@H]2c2c(C)n(C)c3ccccc23)cc1OC. The molecule has 1 amide bonds. The van der Waals surface area contributed by atoms with Crippen LogP contribution in [0.3, 0.4) is 0 Å². The molecule has 0 fully saturated rings. The molecule has 1 aromatic heterocycles. The zero-order valence-corrected chi connectivity index (χ0v) is 19.5. The summed E-state index contributed by atoms with van der Waals surface area (Å²) in [5.41, 5.74) is 6.54. The predicted molar refractivity (Wildman–Crippen MR) is 130 cm³/mol. The number of hydrogen-bond donors (Lipinski definition) is 0. The zero-order valence-electron chi connectivity index (χ0n) is 19.5. The van der Waals surface area contributed by atoms with E-state index in [0.717, 1.165) is 23.1 Å². The Hall–Kier alpha value is -3.73. The van der Waals surface area contributed by atoms with E-state index in [2.05, 4.69) is 48.9 Å². The van der Waals surface area contributed by atoms with Crippen LogP contribution in [-0.4, -0.2) is 36.1 Å². The van der Waals surface area contributed by atoms with E-state index in [4.69, 9.17) is 9.47 Å². The van der Waals surface area contributed by atoms with Gasteiger partial charge in [-0.3, -0.25) is 4.79 Å². The van der Waals surface area contributed by atoms with Crippen molar-refractivity contribution < 1.29 is 14.3 Å². The topological polar surface area (TPSA) is 43.7 Å². The monoisotopic (exact) mass is 440 g/mol. The van der Waals surface area contributed by atoms with Crippen molar-refractivity contribution in [3.8, 4) is 11.5 Å². The van der Waals surface area contributed by atoms with E-state index in [-0.39, 0.29) is 11.9 Å². The summed E-state index contributed by atoms with van der Waals surface area (Å²) >= 11 is 0. The Balaban J connectivity index is 1.56. The van der Waals surface area contributed by atoms with Gasteiger partial charge in [0.25, 0.3) is 5.91 Å². The second kappa shape index (κ2) is 8.32. The Kier molecular flexibility index (Phi) is 5.33. The van der Waals surface area contributed by atoms with Crippen LogP contribution < -0.4 is 9.47 Å². The molecule has 2 heterocycles. The molecule has 0 bridgehead atoms. The van der Waals surface area contributed by atoms with Gasteiger partial charge in [0, 0.05) is 41.3 Å². The highest BCUT2D eigenvalue weighted by Gasteiger charge is 2.39. The molecule has 1 aliphatic rings. The fourth-order valence-electron chi connectivity index (χ4n) is 5.09. The van der Waals surface area contributed by atoms with Gasteiger partial charge in [-0.05, 0) is 48.7 Å². The van der Waals surface area contributed by atoms with Crippen LogP contribution in [0, 0.1) is 6.92 Å². The third kappa shape index (κ3) is 3.35. The van der Waals surface area contributed by atoms with Crippen LogP contribution in [0.1, 0.15) is 38.8 Å². The van der Waals surface area contributed by atoms with Crippen LogP contribution in [0.2, 0.25) is 0 Å². The van der Waals surface area contributed by atoms with Crippen LogP contribution in [0.5, 0.6) is 11.5 Å². The minimum atomic E-state index is -0.111. The molecule has 5 nitrogen and oxygen atoms in total. The summed E-state index contributed by atoms with van der Waals surface area (Å²) in [5, 5.41) is 1.20. The largest absolute Gasteiger partial charge is 0.493 e. The fourth-order valence-corrected chi connectivity index (χ4v) is 5.09. The average Bonchev–Trinajstić information content (AvgIpc) is 3.27. The van der Waals surface area contributed by atoms with Crippen LogP contribution in [0.15, 0.2) is 66.7 Å². The fraction of sp³-hybridized carbons (Fsp3) is 0.250. The van der Waals surface area contributed by atoms with Gasteiger partial charge >= 0.3 is 0 Å². The minimum Gasteiger partial charge on any atom is -0.493 e. The van der Waals surface area contributed by atoms with Crippen molar-refractivity contribution in [2.45, 2.75) is 19.4 Å². The molecule has 5 rings (SSSR count). The van der Waals surface area contributed by atoms with Gasteiger partial charge in [-0.25, -0.2) is 0 Å². The summed E-state index contributed by atoms with van der Waals surface area (Å²) in [5.74, 6) is 1.49. The Morgan fingerprint density at radius 1 is 0.909 bits per heavy atom. The molecule has 0 N–H and O–H groups in total. The summed E-state index contributed by atoms with van der Waals surface area (Å²) in [6, 6.07) is 22.3. The van der Waals surface area contributed by atoms with Crippen LogP contribution in [0.25, 0.3) is 10.9 Å². The van der Waals surface area contributed by atoms with E-state index in [1.54, 1.807) is 14.2 Å². The maximum atomic E-state index is 13.6. The molecule has 0 saturated heterocycles. The molecule has 4 aromatic rings. The van der Waals surface area contributed by atoms with Gasteiger partial charge in [0.2, 0.25) is 0 Å². The van der Waals surface area contributed by atoms with E-state index in [1.807, 2.05) is 41.3 Å². The Morgan fingerprint density at radius 3 is 2.42 bits per heavy atom. The first-order valence-electron chi connectivity index (χ1n) is 11.2. The number of benzene rings is 3. The Bertz CT molecular complexity index is 1350. The second-order valence-corrected chi connectivity index (χ2v) is 8.50. The summed E-state index contributed by atoms with van der Waals surface area (Å²) < 4.78 is 13.1. The van der Waals surface area contributed by atoms with E-state index < -0.39 is 0 Å². The maximum Gasteiger partial charge on any atom is 0.255 e. The Labute approximate surface area is 194 Å². The van der Waals surface area contributed by atoms with Gasteiger partial charge in [0.05, 0.1) is 20.3 Å². The van der Waals surface area contributed by atoms with Gasteiger partial charge in [0.15, 0.2) is 11.5 Å². The number of rotatable bonds is 6. The summed E-state index contributed by atoms with van der Waals surface area (Å²) in [7, 11) is 5.37. The highest BCUT2D eigenvalue weighted by molar-refractivity contribution is 6.01. The standard InChI is InChI=1S/C28H28N2O3/c1-18-26(22-11-7-8-12-23(22)29(18)2)27-20-9-5-6-10-21(20)28(31)30(27)16-15-19-13-14-24(32-3)25(17-19)33-4/h5-14,17,27H,15-16H2,1-4H3/t27-/m0/s1. The first-order valence-corrected chi connectivity index (χ1v) is 11.2. The number of amides is 1. The van der Waals surface area contributed by atoms with Crippen molar-refractivity contribution in [3.63, 3.8) is 0 Å².